The van der Waals surface area contributed by atoms with E-state index in [1.165, 1.54) is 36.8 Å². The molecule has 19 heavy (non-hydrogen) atoms. The maximum atomic E-state index is 6.30. The second-order valence-electron chi connectivity index (χ2n) is 5.75. The summed E-state index contributed by atoms with van der Waals surface area (Å²) in [5.74, 6) is 1.92. The van der Waals surface area contributed by atoms with Gasteiger partial charge in [-0.25, -0.2) is 0 Å². The van der Waals surface area contributed by atoms with Crippen LogP contribution in [0.3, 0.4) is 0 Å². The fourth-order valence-electron chi connectivity index (χ4n) is 2.82. The molecule has 0 saturated heterocycles. The third kappa shape index (κ3) is 3.96. The molecule has 1 aliphatic rings. The van der Waals surface area contributed by atoms with E-state index in [4.69, 9.17) is 10.5 Å². The average molecular weight is 326 g/mol. The van der Waals surface area contributed by atoms with Gasteiger partial charge < -0.3 is 10.5 Å². The smallest absolute Gasteiger partial charge is 0.125 e. The van der Waals surface area contributed by atoms with Crippen molar-refractivity contribution in [2.24, 2.45) is 11.7 Å². The van der Waals surface area contributed by atoms with Crippen LogP contribution in [0.5, 0.6) is 5.75 Å². The third-order valence-electron chi connectivity index (χ3n) is 3.98. The first-order chi connectivity index (χ1) is 9.10. The first-order valence-corrected chi connectivity index (χ1v) is 8.05. The molecule has 0 atom stereocenters. The molecule has 1 saturated carbocycles. The van der Waals surface area contributed by atoms with Gasteiger partial charge in [0, 0.05) is 4.47 Å². The number of hydrogen-bond donors (Lipinski definition) is 1. The minimum Gasteiger partial charge on any atom is -0.490 e. The van der Waals surface area contributed by atoms with Gasteiger partial charge in [0.2, 0.25) is 0 Å². The maximum Gasteiger partial charge on any atom is 0.125 e. The standard InChI is InChI=1S/C16H24BrNO/c1-11-3-5-15(6-4-11)19-16-12(2)9-14(17)10-13(16)7-8-18/h9-11,15H,3-8,18H2,1-2H3. The van der Waals surface area contributed by atoms with Crippen molar-refractivity contribution < 1.29 is 4.74 Å². The molecule has 0 bridgehead atoms. The van der Waals surface area contributed by atoms with Crippen LogP contribution in [0.25, 0.3) is 0 Å². The van der Waals surface area contributed by atoms with Crippen LogP contribution in [0.2, 0.25) is 0 Å². The lowest BCUT2D eigenvalue weighted by Crippen LogP contribution is -2.24. The molecule has 106 valence electrons. The van der Waals surface area contributed by atoms with Crippen LogP contribution in [0.1, 0.15) is 43.7 Å². The van der Waals surface area contributed by atoms with E-state index in [9.17, 15) is 0 Å². The Morgan fingerprint density at radius 2 is 1.95 bits per heavy atom. The molecule has 1 aliphatic carbocycles. The topological polar surface area (TPSA) is 35.2 Å². The van der Waals surface area contributed by atoms with Gasteiger partial charge in [-0.1, -0.05) is 22.9 Å². The zero-order valence-electron chi connectivity index (χ0n) is 11.9. The quantitative estimate of drug-likeness (QED) is 0.899. The highest BCUT2D eigenvalue weighted by atomic mass is 79.9. The van der Waals surface area contributed by atoms with Crippen LogP contribution in [0.15, 0.2) is 16.6 Å². The molecule has 0 unspecified atom stereocenters. The Labute approximate surface area is 124 Å². The van der Waals surface area contributed by atoms with Crippen LogP contribution >= 0.6 is 15.9 Å². The van der Waals surface area contributed by atoms with E-state index < -0.39 is 0 Å². The second kappa shape index (κ2) is 6.76. The van der Waals surface area contributed by atoms with Gasteiger partial charge in [0.25, 0.3) is 0 Å². The Kier molecular flexibility index (Phi) is 5.28. The Morgan fingerprint density at radius 1 is 1.26 bits per heavy atom. The zero-order chi connectivity index (χ0) is 13.8. The van der Waals surface area contributed by atoms with Crippen molar-refractivity contribution in [3.63, 3.8) is 0 Å². The lowest BCUT2D eigenvalue weighted by Gasteiger charge is -2.28. The summed E-state index contributed by atoms with van der Waals surface area (Å²) in [4.78, 5) is 0. The van der Waals surface area contributed by atoms with Crippen LogP contribution in [0, 0.1) is 12.8 Å². The van der Waals surface area contributed by atoms with Crippen molar-refractivity contribution in [1.29, 1.82) is 0 Å². The molecule has 0 amide bonds. The van der Waals surface area contributed by atoms with Crippen molar-refractivity contribution in [1.82, 2.24) is 0 Å². The van der Waals surface area contributed by atoms with Gasteiger partial charge in [-0.3, -0.25) is 0 Å². The van der Waals surface area contributed by atoms with Crippen LogP contribution in [0.4, 0.5) is 0 Å². The molecule has 0 spiro atoms. The lowest BCUT2D eigenvalue weighted by molar-refractivity contribution is 0.133. The number of aryl methyl sites for hydroxylation is 1. The minimum atomic E-state index is 0.382. The van der Waals surface area contributed by atoms with Gasteiger partial charge in [0.05, 0.1) is 6.10 Å². The summed E-state index contributed by atoms with van der Waals surface area (Å²) >= 11 is 3.55. The molecule has 2 N–H and O–H groups in total. The number of halogens is 1. The molecule has 1 aromatic rings. The van der Waals surface area contributed by atoms with Gasteiger partial charge in [-0.15, -0.1) is 0 Å². The molecule has 2 rings (SSSR count). The fourth-order valence-corrected chi connectivity index (χ4v) is 3.44. The number of ether oxygens (including phenoxy) is 1. The Bertz CT molecular complexity index is 425. The predicted molar refractivity (Wildman–Crippen MR) is 83.7 cm³/mol. The monoisotopic (exact) mass is 325 g/mol. The maximum absolute atomic E-state index is 6.30. The Morgan fingerprint density at radius 3 is 2.58 bits per heavy atom. The molecule has 0 heterocycles. The summed E-state index contributed by atoms with van der Waals surface area (Å²) in [6, 6.07) is 4.27. The summed E-state index contributed by atoms with van der Waals surface area (Å²) in [5.41, 5.74) is 8.14. The minimum absolute atomic E-state index is 0.382. The molecule has 1 fully saturated rings. The van der Waals surface area contributed by atoms with Gasteiger partial charge in [0.15, 0.2) is 0 Å². The largest absolute Gasteiger partial charge is 0.490 e. The highest BCUT2D eigenvalue weighted by Crippen LogP contribution is 2.33. The van der Waals surface area contributed by atoms with E-state index >= 15 is 0 Å². The summed E-state index contributed by atoms with van der Waals surface area (Å²) in [6.45, 7) is 5.11. The summed E-state index contributed by atoms with van der Waals surface area (Å²) in [6.07, 6.45) is 6.18. The van der Waals surface area contributed by atoms with Gasteiger partial charge >= 0.3 is 0 Å². The van der Waals surface area contributed by atoms with Crippen LogP contribution < -0.4 is 10.5 Å². The number of rotatable bonds is 4. The SMILES string of the molecule is Cc1cc(Br)cc(CCN)c1OC1CCC(C)CC1. The number of benzene rings is 1. The molecular weight excluding hydrogens is 302 g/mol. The summed E-state index contributed by atoms with van der Waals surface area (Å²) in [5, 5.41) is 0. The summed E-state index contributed by atoms with van der Waals surface area (Å²) in [7, 11) is 0. The Balaban J connectivity index is 2.14. The molecule has 0 aliphatic heterocycles. The van der Waals surface area contributed by atoms with E-state index in [0.717, 1.165) is 22.6 Å². The first kappa shape index (κ1) is 14.9. The van der Waals surface area contributed by atoms with E-state index in [1.54, 1.807) is 0 Å². The fraction of sp³-hybridized carbons (Fsp3) is 0.625. The molecule has 3 heteroatoms. The highest BCUT2D eigenvalue weighted by Gasteiger charge is 2.21. The third-order valence-corrected chi connectivity index (χ3v) is 4.44. The normalized spacial score (nSPS) is 23.4. The Hall–Kier alpha value is -0.540. The van der Waals surface area contributed by atoms with Crippen LogP contribution in [-0.4, -0.2) is 12.6 Å². The van der Waals surface area contributed by atoms with E-state index in [1.807, 2.05) is 0 Å². The zero-order valence-corrected chi connectivity index (χ0v) is 13.5. The first-order valence-electron chi connectivity index (χ1n) is 7.26. The van der Waals surface area contributed by atoms with Gasteiger partial charge in [-0.05, 0) is 74.8 Å². The molecule has 2 nitrogen and oxygen atoms in total. The summed E-state index contributed by atoms with van der Waals surface area (Å²) < 4.78 is 7.41. The lowest BCUT2D eigenvalue weighted by atomic mass is 9.89. The average Bonchev–Trinajstić information content (AvgIpc) is 2.36. The van der Waals surface area contributed by atoms with Crippen molar-refractivity contribution in [2.75, 3.05) is 6.54 Å². The van der Waals surface area contributed by atoms with Crippen molar-refractivity contribution in [3.05, 3.63) is 27.7 Å². The molecule has 0 radical (unpaired) electrons. The van der Waals surface area contributed by atoms with Crippen molar-refractivity contribution in [2.45, 2.75) is 52.1 Å². The molecular formula is C16H24BrNO. The van der Waals surface area contributed by atoms with E-state index in [-0.39, 0.29) is 0 Å². The predicted octanol–water partition coefficient (Wildman–Crippen LogP) is 4.22. The highest BCUT2D eigenvalue weighted by molar-refractivity contribution is 9.10. The number of hydrogen-bond acceptors (Lipinski definition) is 2. The van der Waals surface area contributed by atoms with Gasteiger partial charge in [0.1, 0.15) is 5.75 Å². The van der Waals surface area contributed by atoms with Crippen molar-refractivity contribution in [3.8, 4) is 5.75 Å². The van der Waals surface area contributed by atoms with Crippen molar-refractivity contribution >= 4 is 15.9 Å². The van der Waals surface area contributed by atoms with E-state index in [2.05, 4.69) is 41.9 Å². The van der Waals surface area contributed by atoms with Gasteiger partial charge in [-0.2, -0.15) is 0 Å². The number of nitrogens with two attached hydrogens (primary N) is 1. The molecule has 0 aromatic heterocycles. The second-order valence-corrected chi connectivity index (χ2v) is 6.67. The van der Waals surface area contributed by atoms with E-state index in [0.29, 0.717) is 12.6 Å². The van der Waals surface area contributed by atoms with Crippen LogP contribution in [-0.2, 0) is 6.42 Å². The molecule has 1 aromatic carbocycles.